The van der Waals surface area contributed by atoms with Crippen molar-refractivity contribution in [2.45, 2.75) is 39.2 Å². The molecule has 0 bridgehead atoms. The third kappa shape index (κ3) is 4.36. The molecule has 0 unspecified atom stereocenters. The number of nitrogens with one attached hydrogen (secondary N) is 1. The van der Waals surface area contributed by atoms with Crippen LogP contribution in [0.25, 0.3) is 0 Å². The summed E-state index contributed by atoms with van der Waals surface area (Å²) in [6.07, 6.45) is 4.41. The Balaban J connectivity index is 1.89. The topological polar surface area (TPSA) is 152 Å². The monoisotopic (exact) mass is 487 g/mol. The third-order valence-corrected chi connectivity index (χ3v) is 6.17. The molecule has 1 amide bonds. The van der Waals surface area contributed by atoms with E-state index in [1.807, 2.05) is 39.1 Å². The molecule has 1 aromatic carbocycles. The summed E-state index contributed by atoms with van der Waals surface area (Å²) in [6, 6.07) is 9.47. The van der Waals surface area contributed by atoms with Gasteiger partial charge in [-0.15, -0.1) is 0 Å². The van der Waals surface area contributed by atoms with E-state index in [1.165, 1.54) is 24.1 Å². The van der Waals surface area contributed by atoms with E-state index in [9.17, 15) is 20.0 Å². The number of aryl methyl sites for hydroxylation is 2. The first-order valence-electron chi connectivity index (χ1n) is 11.3. The molecule has 184 valence electrons. The number of nitrogens with zero attached hydrogens (tertiary/aromatic N) is 6. The van der Waals surface area contributed by atoms with Crippen molar-refractivity contribution in [3.05, 3.63) is 87.2 Å². The highest BCUT2D eigenvalue weighted by molar-refractivity contribution is 6.04. The number of aromatic nitrogens is 5. The van der Waals surface area contributed by atoms with Crippen LogP contribution < -0.4 is 10.9 Å². The minimum Gasteiger partial charge on any atom is -0.501 e. The van der Waals surface area contributed by atoms with Crippen LogP contribution >= 0.6 is 0 Å². The molecule has 0 aliphatic heterocycles. The second-order valence-corrected chi connectivity index (χ2v) is 8.39. The number of carbonyl (C=O) groups is 1. The number of nitriles is 1. The molecule has 0 spiro atoms. The van der Waals surface area contributed by atoms with Crippen molar-refractivity contribution in [3.63, 3.8) is 0 Å². The first kappa shape index (κ1) is 24.4. The van der Waals surface area contributed by atoms with Gasteiger partial charge >= 0.3 is 0 Å². The second-order valence-electron chi connectivity index (χ2n) is 8.39. The zero-order chi connectivity index (χ0) is 26.0. The summed E-state index contributed by atoms with van der Waals surface area (Å²) in [5, 5.41) is 30.9. The van der Waals surface area contributed by atoms with Gasteiger partial charge in [0.15, 0.2) is 5.69 Å². The van der Waals surface area contributed by atoms with Gasteiger partial charge in [-0.1, -0.05) is 30.3 Å². The maximum absolute atomic E-state index is 13.0. The van der Waals surface area contributed by atoms with Gasteiger partial charge in [0, 0.05) is 37.2 Å². The molecule has 2 N–H and O–H groups in total. The van der Waals surface area contributed by atoms with E-state index < -0.39 is 34.7 Å². The molecule has 0 aliphatic rings. The summed E-state index contributed by atoms with van der Waals surface area (Å²) in [5.74, 6) is -2.21. The standard InChI is InChI=1S/C25H25N7O4/c1-5-32-12-19(15(3)30-32)20(18-9-7-6-8-16(18)10-26)14(2)23-29-21(22(33)25(35)31(23)4)24(34)28-17-11-27-36-13-17/h6-9,11-14,20,33H,5H2,1-4H3,(H,28,34)/t14-,20-/m0/s1. The van der Waals surface area contributed by atoms with Gasteiger partial charge in [-0.25, -0.2) is 4.98 Å². The number of carbonyl (C=O) groups excluding carboxylic acids is 1. The fraction of sp³-hybridized carbons (Fsp3) is 0.280. The zero-order valence-electron chi connectivity index (χ0n) is 20.3. The highest BCUT2D eigenvalue weighted by Crippen LogP contribution is 2.40. The van der Waals surface area contributed by atoms with Gasteiger partial charge < -0.3 is 14.9 Å². The smallest absolute Gasteiger partial charge is 0.296 e. The highest BCUT2D eigenvalue weighted by Gasteiger charge is 2.32. The van der Waals surface area contributed by atoms with Crippen molar-refractivity contribution < 1.29 is 14.4 Å². The fourth-order valence-electron chi connectivity index (χ4n) is 4.36. The summed E-state index contributed by atoms with van der Waals surface area (Å²) >= 11 is 0. The van der Waals surface area contributed by atoms with Gasteiger partial charge in [0.2, 0.25) is 5.75 Å². The van der Waals surface area contributed by atoms with Crippen LogP contribution in [0.3, 0.4) is 0 Å². The lowest BCUT2D eigenvalue weighted by Gasteiger charge is -2.26. The maximum atomic E-state index is 13.0. The molecule has 0 saturated carbocycles. The van der Waals surface area contributed by atoms with Crippen molar-refractivity contribution in [1.82, 2.24) is 24.5 Å². The summed E-state index contributed by atoms with van der Waals surface area (Å²) in [4.78, 5) is 30.3. The number of rotatable bonds is 7. The molecule has 36 heavy (non-hydrogen) atoms. The van der Waals surface area contributed by atoms with Gasteiger partial charge in [0.05, 0.1) is 23.5 Å². The zero-order valence-corrected chi connectivity index (χ0v) is 20.3. The summed E-state index contributed by atoms with van der Waals surface area (Å²) in [5.41, 5.74) is 1.92. The van der Waals surface area contributed by atoms with Crippen molar-refractivity contribution in [2.24, 2.45) is 7.05 Å². The number of aromatic hydroxyl groups is 1. The first-order chi connectivity index (χ1) is 17.3. The number of hydrogen-bond acceptors (Lipinski definition) is 8. The Labute approximate surface area is 206 Å². The first-order valence-corrected chi connectivity index (χ1v) is 11.3. The minimum atomic E-state index is -0.786. The fourth-order valence-corrected chi connectivity index (χ4v) is 4.36. The largest absolute Gasteiger partial charge is 0.501 e. The van der Waals surface area contributed by atoms with E-state index in [-0.39, 0.29) is 11.5 Å². The normalized spacial score (nSPS) is 12.6. The minimum absolute atomic E-state index is 0.250. The van der Waals surface area contributed by atoms with Crippen LogP contribution in [0.5, 0.6) is 5.75 Å². The Hall–Kier alpha value is -4.72. The molecule has 2 atom stereocenters. The van der Waals surface area contributed by atoms with E-state index in [4.69, 9.17) is 4.52 Å². The highest BCUT2D eigenvalue weighted by atomic mass is 16.5. The number of anilines is 1. The van der Waals surface area contributed by atoms with Gasteiger partial charge in [-0.05, 0) is 25.5 Å². The van der Waals surface area contributed by atoms with Crippen LogP contribution in [0, 0.1) is 18.3 Å². The lowest BCUT2D eigenvalue weighted by Crippen LogP contribution is -2.29. The molecule has 11 heteroatoms. The van der Waals surface area contributed by atoms with Crippen molar-refractivity contribution in [1.29, 1.82) is 5.26 Å². The number of benzene rings is 1. The predicted octanol–water partition coefficient (Wildman–Crippen LogP) is 3.06. The predicted molar refractivity (Wildman–Crippen MR) is 130 cm³/mol. The molecule has 0 radical (unpaired) electrons. The Morgan fingerprint density at radius 2 is 2.06 bits per heavy atom. The van der Waals surface area contributed by atoms with Crippen LogP contribution in [0.4, 0.5) is 5.69 Å². The van der Waals surface area contributed by atoms with E-state index in [0.29, 0.717) is 12.1 Å². The molecule has 0 saturated heterocycles. The average molecular weight is 488 g/mol. The average Bonchev–Trinajstić information content (AvgIpc) is 3.52. The Morgan fingerprint density at radius 3 is 2.69 bits per heavy atom. The lowest BCUT2D eigenvalue weighted by atomic mass is 9.79. The molecule has 3 aromatic heterocycles. The number of amides is 1. The molecule has 4 aromatic rings. The van der Waals surface area contributed by atoms with E-state index >= 15 is 0 Å². The summed E-state index contributed by atoms with van der Waals surface area (Å²) in [7, 11) is 1.48. The lowest BCUT2D eigenvalue weighted by molar-refractivity contribution is 0.101. The molecule has 0 fully saturated rings. The van der Waals surface area contributed by atoms with E-state index in [0.717, 1.165) is 16.8 Å². The molecule has 11 nitrogen and oxygen atoms in total. The van der Waals surface area contributed by atoms with Crippen LogP contribution in [-0.4, -0.2) is 35.5 Å². The summed E-state index contributed by atoms with van der Waals surface area (Å²) < 4.78 is 7.74. The molecule has 0 aliphatic carbocycles. The van der Waals surface area contributed by atoms with Crippen molar-refractivity contribution in [3.8, 4) is 11.8 Å². The van der Waals surface area contributed by atoms with E-state index in [2.05, 4.69) is 26.6 Å². The Morgan fingerprint density at radius 1 is 1.31 bits per heavy atom. The van der Waals surface area contributed by atoms with Crippen LogP contribution in [0.15, 0.2) is 52.2 Å². The van der Waals surface area contributed by atoms with Crippen molar-refractivity contribution >= 4 is 11.6 Å². The van der Waals surface area contributed by atoms with Crippen molar-refractivity contribution in [2.75, 3.05) is 5.32 Å². The SMILES string of the molecule is CCn1cc([C@H](c2ccccc2C#N)[C@H](C)c2nc(C(=O)Nc3cnoc3)c(O)c(=O)n2C)c(C)n1. The van der Waals surface area contributed by atoms with Crippen LogP contribution in [0.1, 0.15) is 64.4 Å². The molecular weight excluding hydrogens is 462 g/mol. The maximum Gasteiger partial charge on any atom is 0.296 e. The van der Waals surface area contributed by atoms with Gasteiger partial charge in [0.25, 0.3) is 11.5 Å². The number of hydrogen-bond donors (Lipinski definition) is 2. The van der Waals surface area contributed by atoms with E-state index in [1.54, 1.807) is 16.8 Å². The molecule has 4 rings (SSSR count). The molecule has 3 heterocycles. The summed E-state index contributed by atoms with van der Waals surface area (Å²) in [6.45, 7) is 6.38. The third-order valence-electron chi connectivity index (χ3n) is 6.17. The van der Waals surface area contributed by atoms with Crippen LogP contribution in [-0.2, 0) is 13.6 Å². The Bertz CT molecular complexity index is 1510. The second kappa shape index (κ2) is 9.87. The van der Waals surface area contributed by atoms with Gasteiger partial charge in [0.1, 0.15) is 17.8 Å². The van der Waals surface area contributed by atoms with Gasteiger partial charge in [-0.2, -0.15) is 10.4 Å². The quantitative estimate of drug-likeness (QED) is 0.403. The van der Waals surface area contributed by atoms with Gasteiger partial charge in [-0.3, -0.25) is 18.8 Å². The van der Waals surface area contributed by atoms with Crippen LogP contribution in [0.2, 0.25) is 0 Å². The molecular formula is C25H25N7O4. The Kier molecular flexibility index (Phi) is 6.69.